The maximum absolute atomic E-state index is 13.3. The second kappa shape index (κ2) is 9.70. The van der Waals surface area contributed by atoms with E-state index in [1.165, 1.54) is 5.56 Å². The van der Waals surface area contributed by atoms with Gasteiger partial charge < -0.3 is 14.5 Å². The monoisotopic (exact) mass is 484 g/mol. The highest BCUT2D eigenvalue weighted by molar-refractivity contribution is 6.31. The third kappa shape index (κ3) is 4.60. The Hall–Kier alpha value is -2.38. The molecule has 182 valence electrons. The van der Waals surface area contributed by atoms with Gasteiger partial charge >= 0.3 is 0 Å². The van der Waals surface area contributed by atoms with E-state index < -0.39 is 0 Å². The van der Waals surface area contributed by atoms with Crippen molar-refractivity contribution in [3.05, 3.63) is 51.8 Å². The summed E-state index contributed by atoms with van der Waals surface area (Å²) in [5.74, 6) is 0.420. The van der Waals surface area contributed by atoms with Crippen LogP contribution in [0.1, 0.15) is 66.3 Å². The van der Waals surface area contributed by atoms with Crippen molar-refractivity contribution in [1.82, 2.24) is 19.6 Å². The van der Waals surface area contributed by atoms with Gasteiger partial charge in [0.05, 0.1) is 12.2 Å². The van der Waals surface area contributed by atoms with Crippen molar-refractivity contribution in [2.45, 2.75) is 70.6 Å². The van der Waals surface area contributed by atoms with E-state index in [1.54, 1.807) is 4.68 Å². The summed E-state index contributed by atoms with van der Waals surface area (Å²) in [6.45, 7) is 6.76. The minimum absolute atomic E-state index is 0.0121. The Labute approximate surface area is 206 Å². The molecule has 8 heteroatoms. The maximum Gasteiger partial charge on any atom is 0.274 e. The van der Waals surface area contributed by atoms with Gasteiger partial charge in [-0.15, -0.1) is 0 Å². The molecule has 2 aromatic rings. The molecule has 0 bridgehead atoms. The average molecular weight is 485 g/mol. The van der Waals surface area contributed by atoms with Crippen LogP contribution in [0.25, 0.3) is 0 Å². The Balaban J connectivity index is 1.26. The highest BCUT2D eigenvalue weighted by Crippen LogP contribution is 2.33. The van der Waals surface area contributed by atoms with Gasteiger partial charge in [0.1, 0.15) is 6.54 Å². The number of ether oxygens (including phenoxy) is 1. The van der Waals surface area contributed by atoms with Crippen LogP contribution in [-0.2, 0) is 28.9 Å². The molecule has 0 N–H and O–H groups in total. The zero-order valence-corrected chi connectivity index (χ0v) is 20.8. The second-order valence-corrected chi connectivity index (χ2v) is 10.3. The number of fused-ring (bicyclic) bond motifs is 1. The van der Waals surface area contributed by atoms with Crippen molar-refractivity contribution in [1.29, 1.82) is 0 Å². The minimum Gasteiger partial charge on any atom is -0.372 e. The number of benzene rings is 1. The maximum atomic E-state index is 13.3. The van der Waals surface area contributed by atoms with Crippen LogP contribution in [0.2, 0.25) is 5.02 Å². The molecule has 34 heavy (non-hydrogen) atoms. The number of aromatic nitrogens is 2. The lowest BCUT2D eigenvalue weighted by Gasteiger charge is -2.35. The Bertz CT molecular complexity index is 1070. The van der Waals surface area contributed by atoms with Crippen molar-refractivity contribution in [3.63, 3.8) is 0 Å². The topological polar surface area (TPSA) is 67.7 Å². The summed E-state index contributed by atoms with van der Waals surface area (Å²) < 4.78 is 7.58. The van der Waals surface area contributed by atoms with Crippen LogP contribution in [0.4, 0.5) is 0 Å². The molecule has 1 aromatic carbocycles. The van der Waals surface area contributed by atoms with E-state index >= 15 is 0 Å². The largest absolute Gasteiger partial charge is 0.372 e. The molecule has 2 aliphatic heterocycles. The summed E-state index contributed by atoms with van der Waals surface area (Å²) in [5, 5.41) is 5.49. The first-order chi connectivity index (χ1) is 16.4. The number of nitrogens with zero attached hydrogens (tertiary/aromatic N) is 4. The predicted octanol–water partition coefficient (Wildman–Crippen LogP) is 3.68. The van der Waals surface area contributed by atoms with Crippen LogP contribution in [0.5, 0.6) is 0 Å². The van der Waals surface area contributed by atoms with Crippen LogP contribution in [0, 0.1) is 0 Å². The molecule has 0 radical (unpaired) electrons. The van der Waals surface area contributed by atoms with E-state index in [0.29, 0.717) is 37.8 Å². The second-order valence-electron chi connectivity index (χ2n) is 9.93. The standard InChI is InChI=1S/C26H33ClN4O3/c1-17-14-30(15-18(2)34-17)26(33)25-21-7-5-9-23(21)31(28-25)16-24(32)29-12-10-19(11-13-29)20-6-3-4-8-22(20)27/h3-4,6,8,17-19H,5,7,9-16H2,1-2H3/t17-,18+. The fourth-order valence-corrected chi connectivity index (χ4v) is 6.07. The molecule has 2 amide bonds. The molecule has 1 aromatic heterocycles. The normalized spacial score (nSPS) is 23.3. The Morgan fingerprint density at radius 2 is 1.76 bits per heavy atom. The Morgan fingerprint density at radius 3 is 2.47 bits per heavy atom. The summed E-state index contributed by atoms with van der Waals surface area (Å²) in [6.07, 6.45) is 4.56. The molecular formula is C26H33ClN4O3. The number of rotatable bonds is 4. The molecule has 0 saturated carbocycles. The van der Waals surface area contributed by atoms with E-state index in [2.05, 4.69) is 11.2 Å². The van der Waals surface area contributed by atoms with Crippen molar-refractivity contribution >= 4 is 23.4 Å². The molecule has 5 rings (SSSR count). The van der Waals surface area contributed by atoms with Gasteiger partial charge in [-0.25, -0.2) is 0 Å². The summed E-state index contributed by atoms with van der Waals surface area (Å²) in [4.78, 5) is 30.3. The first-order valence-electron chi connectivity index (χ1n) is 12.5. The third-order valence-corrected chi connectivity index (χ3v) is 7.74. The van der Waals surface area contributed by atoms with Crippen LogP contribution < -0.4 is 0 Å². The summed E-state index contributed by atoms with van der Waals surface area (Å²) in [6, 6.07) is 8.00. The number of piperidine rings is 1. The quantitative estimate of drug-likeness (QED) is 0.664. The third-order valence-electron chi connectivity index (χ3n) is 7.39. The van der Waals surface area contributed by atoms with Crippen LogP contribution >= 0.6 is 11.6 Å². The molecule has 7 nitrogen and oxygen atoms in total. The van der Waals surface area contributed by atoms with Gasteiger partial charge in [-0.1, -0.05) is 29.8 Å². The molecule has 0 unspecified atom stereocenters. The molecule has 2 fully saturated rings. The molecule has 0 spiro atoms. The van der Waals surface area contributed by atoms with Gasteiger partial charge in [-0.05, 0) is 63.5 Å². The Morgan fingerprint density at radius 1 is 1.06 bits per heavy atom. The van der Waals surface area contributed by atoms with Crippen LogP contribution in [-0.4, -0.2) is 69.8 Å². The summed E-state index contributed by atoms with van der Waals surface area (Å²) in [5.41, 5.74) is 3.79. The van der Waals surface area contributed by atoms with Crippen molar-refractivity contribution < 1.29 is 14.3 Å². The van der Waals surface area contributed by atoms with E-state index in [4.69, 9.17) is 16.3 Å². The van der Waals surface area contributed by atoms with Crippen molar-refractivity contribution in [3.8, 4) is 0 Å². The summed E-state index contributed by atoms with van der Waals surface area (Å²) in [7, 11) is 0. The van der Waals surface area contributed by atoms with Gasteiger partial charge in [-0.3, -0.25) is 14.3 Å². The minimum atomic E-state index is -0.0353. The number of likely N-dealkylation sites (tertiary alicyclic amines) is 1. The highest BCUT2D eigenvalue weighted by Gasteiger charge is 2.33. The number of carbonyl (C=O) groups is 2. The van der Waals surface area contributed by atoms with E-state index in [1.807, 2.05) is 41.8 Å². The number of halogens is 1. The zero-order valence-electron chi connectivity index (χ0n) is 20.0. The van der Waals surface area contributed by atoms with Gasteiger partial charge in [0.2, 0.25) is 5.91 Å². The lowest BCUT2D eigenvalue weighted by Crippen LogP contribution is -2.48. The number of hydrogen-bond acceptors (Lipinski definition) is 4. The van der Waals surface area contributed by atoms with Crippen molar-refractivity contribution in [2.24, 2.45) is 0 Å². The van der Waals surface area contributed by atoms with E-state index in [9.17, 15) is 9.59 Å². The lowest BCUT2D eigenvalue weighted by atomic mass is 9.89. The zero-order chi connectivity index (χ0) is 23.8. The highest BCUT2D eigenvalue weighted by atomic mass is 35.5. The fraction of sp³-hybridized carbons (Fsp3) is 0.577. The fourth-order valence-electron chi connectivity index (χ4n) is 5.78. The molecule has 2 atom stereocenters. The van der Waals surface area contributed by atoms with E-state index in [-0.39, 0.29) is 30.6 Å². The molecule has 3 aliphatic rings. The lowest BCUT2D eigenvalue weighted by molar-refractivity contribution is -0.133. The van der Waals surface area contributed by atoms with Crippen LogP contribution in [0.15, 0.2) is 24.3 Å². The molecular weight excluding hydrogens is 452 g/mol. The molecule has 2 saturated heterocycles. The number of morpholine rings is 1. The number of hydrogen-bond donors (Lipinski definition) is 0. The predicted molar refractivity (Wildman–Crippen MR) is 130 cm³/mol. The van der Waals surface area contributed by atoms with Crippen LogP contribution in [0.3, 0.4) is 0 Å². The van der Waals surface area contributed by atoms with Gasteiger partial charge in [0.25, 0.3) is 5.91 Å². The van der Waals surface area contributed by atoms with E-state index in [0.717, 1.165) is 48.4 Å². The first-order valence-corrected chi connectivity index (χ1v) is 12.8. The smallest absolute Gasteiger partial charge is 0.274 e. The Kier molecular flexibility index (Phi) is 6.67. The van der Waals surface area contributed by atoms with Gasteiger partial charge in [0.15, 0.2) is 5.69 Å². The summed E-state index contributed by atoms with van der Waals surface area (Å²) >= 11 is 6.39. The number of carbonyl (C=O) groups excluding carboxylic acids is 2. The molecule has 3 heterocycles. The molecule has 1 aliphatic carbocycles. The number of amides is 2. The first kappa shape index (κ1) is 23.4. The average Bonchev–Trinajstić information content (AvgIpc) is 3.42. The van der Waals surface area contributed by atoms with Gasteiger partial charge in [0, 0.05) is 42.5 Å². The SMILES string of the molecule is C[C@@H]1CN(C(=O)c2nn(CC(=O)N3CCC(c4ccccc4Cl)CC3)c3c2CCC3)C[C@H](C)O1. The van der Waals surface area contributed by atoms with Crippen molar-refractivity contribution in [2.75, 3.05) is 26.2 Å². The van der Waals surface area contributed by atoms with Gasteiger partial charge in [-0.2, -0.15) is 5.10 Å².